The third-order valence-electron chi connectivity index (χ3n) is 3.98. The summed E-state index contributed by atoms with van der Waals surface area (Å²) in [7, 11) is 3.81. The van der Waals surface area contributed by atoms with Crippen molar-refractivity contribution in [1.29, 1.82) is 0 Å². The van der Waals surface area contributed by atoms with Gasteiger partial charge >= 0.3 is 0 Å². The van der Waals surface area contributed by atoms with Crippen molar-refractivity contribution in [3.8, 4) is 5.75 Å². The zero-order valence-electron chi connectivity index (χ0n) is 13.0. The third-order valence-corrected chi connectivity index (χ3v) is 7.47. The predicted molar refractivity (Wildman–Crippen MR) is 92.3 cm³/mol. The largest absolute Gasteiger partial charge is 0.496 e. The molecule has 0 aromatic heterocycles. The van der Waals surface area contributed by atoms with Crippen molar-refractivity contribution < 1.29 is 4.74 Å². The fourth-order valence-corrected chi connectivity index (χ4v) is 5.77. The fraction of sp³-hybridized carbons (Fsp3) is 0.625. The van der Waals surface area contributed by atoms with Gasteiger partial charge in [-0.15, -0.1) is 0 Å². The molecule has 0 spiro atoms. The highest BCUT2D eigenvalue weighted by Crippen LogP contribution is 2.42. The van der Waals surface area contributed by atoms with Gasteiger partial charge in [-0.1, -0.05) is 31.5 Å². The lowest BCUT2D eigenvalue weighted by atomic mass is 10.0. The molecule has 4 unspecified atom stereocenters. The second kappa shape index (κ2) is 7.10. The van der Waals surface area contributed by atoms with Gasteiger partial charge < -0.3 is 10.1 Å². The minimum atomic E-state index is 0.345. The van der Waals surface area contributed by atoms with Gasteiger partial charge in [-0.25, -0.2) is 0 Å². The normalized spacial score (nSPS) is 28.1. The van der Waals surface area contributed by atoms with Crippen molar-refractivity contribution >= 4 is 23.5 Å². The molecule has 1 N–H and O–H groups in total. The maximum atomic E-state index is 5.57. The van der Waals surface area contributed by atoms with E-state index < -0.39 is 0 Å². The van der Waals surface area contributed by atoms with Crippen LogP contribution in [-0.2, 0) is 0 Å². The summed E-state index contributed by atoms with van der Waals surface area (Å²) in [6.45, 7) is 6.82. The topological polar surface area (TPSA) is 21.3 Å². The molecule has 20 heavy (non-hydrogen) atoms. The van der Waals surface area contributed by atoms with Crippen LogP contribution in [0.15, 0.2) is 18.2 Å². The second-order valence-electron chi connectivity index (χ2n) is 5.43. The Bertz CT molecular complexity index is 452. The fourth-order valence-electron chi connectivity index (χ4n) is 2.62. The number of methoxy groups -OCH3 is 1. The maximum Gasteiger partial charge on any atom is 0.123 e. The lowest BCUT2D eigenvalue weighted by molar-refractivity contribution is 0.401. The molecule has 0 saturated carbocycles. The van der Waals surface area contributed by atoms with Crippen LogP contribution in [0.4, 0.5) is 0 Å². The Morgan fingerprint density at radius 2 is 2.05 bits per heavy atom. The molecular formula is C16H25NOS2. The van der Waals surface area contributed by atoms with E-state index >= 15 is 0 Å². The number of ether oxygens (including phenoxy) is 1. The number of hydrogen-bond donors (Lipinski definition) is 1. The summed E-state index contributed by atoms with van der Waals surface area (Å²) in [5.41, 5.74) is 2.57. The van der Waals surface area contributed by atoms with Crippen molar-refractivity contribution in [3.63, 3.8) is 0 Å². The molecule has 0 amide bonds. The smallest absolute Gasteiger partial charge is 0.123 e. The number of rotatable bonds is 4. The first-order valence-electron chi connectivity index (χ1n) is 7.15. The molecule has 1 aromatic carbocycles. The van der Waals surface area contributed by atoms with Gasteiger partial charge in [0.1, 0.15) is 5.75 Å². The minimum absolute atomic E-state index is 0.345. The maximum absolute atomic E-state index is 5.57. The van der Waals surface area contributed by atoms with Gasteiger partial charge in [-0.3, -0.25) is 0 Å². The van der Waals surface area contributed by atoms with E-state index in [1.807, 2.05) is 0 Å². The van der Waals surface area contributed by atoms with Crippen molar-refractivity contribution in [1.82, 2.24) is 5.32 Å². The Balaban J connectivity index is 2.26. The van der Waals surface area contributed by atoms with E-state index in [0.29, 0.717) is 16.5 Å². The van der Waals surface area contributed by atoms with Gasteiger partial charge in [0.25, 0.3) is 0 Å². The molecule has 0 aliphatic carbocycles. The summed E-state index contributed by atoms with van der Waals surface area (Å²) in [6, 6.07) is 6.80. The van der Waals surface area contributed by atoms with Gasteiger partial charge in [0.2, 0.25) is 0 Å². The number of hydrogen-bond acceptors (Lipinski definition) is 4. The monoisotopic (exact) mass is 311 g/mol. The summed E-state index contributed by atoms with van der Waals surface area (Å²) >= 11 is 4.20. The number of aryl methyl sites for hydroxylation is 1. The lowest BCUT2D eigenvalue weighted by Crippen LogP contribution is -2.36. The molecule has 1 saturated heterocycles. The molecule has 0 radical (unpaired) electrons. The molecule has 1 aliphatic rings. The van der Waals surface area contributed by atoms with Crippen LogP contribution in [0.5, 0.6) is 5.75 Å². The summed E-state index contributed by atoms with van der Waals surface area (Å²) in [4.78, 5) is 0. The first-order chi connectivity index (χ1) is 9.56. The third kappa shape index (κ3) is 3.46. The number of thioether (sulfide) groups is 2. The van der Waals surface area contributed by atoms with Gasteiger partial charge in [-0.05, 0) is 20.0 Å². The first kappa shape index (κ1) is 16.1. The van der Waals surface area contributed by atoms with Crippen LogP contribution < -0.4 is 10.1 Å². The molecule has 112 valence electrons. The highest BCUT2D eigenvalue weighted by Gasteiger charge is 2.32. The number of nitrogens with one attached hydrogen (secondary N) is 1. The van der Waals surface area contributed by atoms with E-state index in [0.717, 1.165) is 11.0 Å². The Morgan fingerprint density at radius 1 is 1.30 bits per heavy atom. The zero-order valence-corrected chi connectivity index (χ0v) is 14.6. The first-order valence-corrected chi connectivity index (χ1v) is 9.14. The molecule has 2 rings (SSSR count). The van der Waals surface area contributed by atoms with Crippen LogP contribution in [0.1, 0.15) is 31.0 Å². The van der Waals surface area contributed by atoms with Crippen LogP contribution in [0.2, 0.25) is 0 Å². The van der Waals surface area contributed by atoms with Gasteiger partial charge in [0, 0.05) is 33.1 Å². The van der Waals surface area contributed by atoms with Gasteiger partial charge in [0.05, 0.1) is 7.11 Å². The quantitative estimate of drug-likeness (QED) is 0.910. The summed E-state index contributed by atoms with van der Waals surface area (Å²) in [5.74, 6) is 2.19. The predicted octanol–water partition coefficient (Wildman–Crippen LogP) is 3.89. The Labute approximate surface area is 131 Å². The average Bonchev–Trinajstić information content (AvgIpc) is 2.44. The van der Waals surface area contributed by atoms with Crippen LogP contribution in [0, 0.1) is 6.92 Å². The molecule has 4 atom stereocenters. The van der Waals surface area contributed by atoms with E-state index in [1.165, 1.54) is 16.9 Å². The summed E-state index contributed by atoms with van der Waals surface area (Å²) < 4.78 is 5.57. The standard InChI is InChI=1S/C16H25NOS2/c1-10-6-7-14(18-5)13(8-10)16(17-4)15-9-19-11(2)12(3)20-15/h6-8,11-12,15-17H,9H2,1-5H3. The Morgan fingerprint density at radius 3 is 2.65 bits per heavy atom. The van der Waals surface area contributed by atoms with Gasteiger partial charge in [0.15, 0.2) is 0 Å². The van der Waals surface area contributed by atoms with Crippen molar-refractivity contribution in [2.75, 3.05) is 19.9 Å². The molecule has 4 heteroatoms. The SMILES string of the molecule is CNC(c1cc(C)ccc1OC)C1CSC(C)C(C)S1. The molecule has 1 fully saturated rings. The van der Waals surface area contributed by atoms with E-state index in [-0.39, 0.29) is 0 Å². The average molecular weight is 312 g/mol. The molecule has 1 aliphatic heterocycles. The van der Waals surface area contributed by atoms with Crippen LogP contribution in [0.3, 0.4) is 0 Å². The highest BCUT2D eigenvalue weighted by atomic mass is 32.2. The Hall–Kier alpha value is -0.320. The van der Waals surface area contributed by atoms with E-state index in [9.17, 15) is 0 Å². The lowest BCUT2D eigenvalue weighted by Gasteiger charge is -2.36. The van der Waals surface area contributed by atoms with E-state index in [4.69, 9.17) is 4.74 Å². The minimum Gasteiger partial charge on any atom is -0.496 e. The molecule has 1 heterocycles. The van der Waals surface area contributed by atoms with Crippen molar-refractivity contribution in [3.05, 3.63) is 29.3 Å². The van der Waals surface area contributed by atoms with Crippen molar-refractivity contribution in [2.24, 2.45) is 0 Å². The second-order valence-corrected chi connectivity index (χ2v) is 8.46. The van der Waals surface area contributed by atoms with Crippen LogP contribution in [0.25, 0.3) is 0 Å². The zero-order chi connectivity index (χ0) is 14.7. The van der Waals surface area contributed by atoms with Crippen molar-refractivity contribution in [2.45, 2.75) is 42.6 Å². The summed E-state index contributed by atoms with van der Waals surface area (Å²) in [5, 5.41) is 5.54. The molecule has 0 bridgehead atoms. The highest BCUT2D eigenvalue weighted by molar-refractivity contribution is 8.07. The van der Waals surface area contributed by atoms with Crippen LogP contribution in [-0.4, -0.2) is 35.7 Å². The molecular weight excluding hydrogens is 286 g/mol. The Kier molecular flexibility index (Phi) is 5.70. The van der Waals surface area contributed by atoms with Crippen LogP contribution >= 0.6 is 23.5 Å². The number of benzene rings is 1. The molecule has 1 aromatic rings. The van der Waals surface area contributed by atoms with E-state index in [1.54, 1.807) is 7.11 Å². The van der Waals surface area contributed by atoms with Gasteiger partial charge in [-0.2, -0.15) is 23.5 Å². The van der Waals surface area contributed by atoms with E-state index in [2.05, 4.69) is 74.9 Å². The molecule has 2 nitrogen and oxygen atoms in total. The summed E-state index contributed by atoms with van der Waals surface area (Å²) in [6.07, 6.45) is 0.